The smallest absolute Gasteiger partial charge is 0.0160 e. The molecule has 0 aromatic heterocycles. The van der Waals surface area contributed by atoms with Crippen LogP contribution in [-0.4, -0.2) is 24.5 Å². The number of hydrogen-bond donors (Lipinski definition) is 0. The van der Waals surface area contributed by atoms with E-state index in [0.717, 1.165) is 12.5 Å². The number of allylic oxidation sites excluding steroid dienone is 1. The number of hydrogen-bond acceptors (Lipinski definition) is 1. The fraction of sp³-hybridized carbons (Fsp3) is 0.600. The zero-order valence-electron chi connectivity index (χ0n) is 7.13. The molecule has 1 aliphatic rings. The molecule has 0 aromatic rings. The highest BCUT2D eigenvalue weighted by molar-refractivity contribution is 4.84. The van der Waals surface area contributed by atoms with E-state index < -0.39 is 0 Å². The van der Waals surface area contributed by atoms with Crippen LogP contribution in [0.15, 0.2) is 25.3 Å². The SMILES string of the molecule is C=CCC1CCN(CC=C)C1. The summed E-state index contributed by atoms with van der Waals surface area (Å²) in [5, 5.41) is 0. The summed E-state index contributed by atoms with van der Waals surface area (Å²) in [6.45, 7) is 11.0. The van der Waals surface area contributed by atoms with Crippen molar-refractivity contribution in [3.63, 3.8) is 0 Å². The van der Waals surface area contributed by atoms with Gasteiger partial charge < -0.3 is 0 Å². The Kier molecular flexibility index (Phi) is 3.37. The Labute approximate surface area is 69.4 Å². The maximum absolute atomic E-state index is 3.76. The fourth-order valence-electron chi connectivity index (χ4n) is 1.69. The first-order chi connectivity index (χ1) is 5.36. The summed E-state index contributed by atoms with van der Waals surface area (Å²) in [6.07, 6.45) is 6.52. The Morgan fingerprint density at radius 3 is 2.82 bits per heavy atom. The molecule has 0 bridgehead atoms. The molecule has 1 heteroatoms. The monoisotopic (exact) mass is 151 g/mol. The van der Waals surface area contributed by atoms with E-state index in [1.165, 1.54) is 25.9 Å². The van der Waals surface area contributed by atoms with Crippen LogP contribution in [0.3, 0.4) is 0 Å². The summed E-state index contributed by atoms with van der Waals surface area (Å²) >= 11 is 0. The zero-order chi connectivity index (χ0) is 8.10. The lowest BCUT2D eigenvalue weighted by molar-refractivity contribution is 0.360. The molecule has 1 rings (SSSR count). The molecule has 62 valence electrons. The Morgan fingerprint density at radius 1 is 1.36 bits per heavy atom. The van der Waals surface area contributed by atoms with Gasteiger partial charge in [0.2, 0.25) is 0 Å². The second kappa shape index (κ2) is 4.35. The first kappa shape index (κ1) is 8.54. The van der Waals surface area contributed by atoms with E-state index in [9.17, 15) is 0 Å². The van der Waals surface area contributed by atoms with Gasteiger partial charge in [0.05, 0.1) is 0 Å². The number of likely N-dealkylation sites (tertiary alicyclic amines) is 1. The minimum absolute atomic E-state index is 0.854. The van der Waals surface area contributed by atoms with Gasteiger partial charge >= 0.3 is 0 Å². The van der Waals surface area contributed by atoms with Crippen molar-refractivity contribution >= 4 is 0 Å². The Bertz CT molecular complexity index is 124. The van der Waals surface area contributed by atoms with Crippen molar-refractivity contribution in [3.05, 3.63) is 25.3 Å². The second-order valence-corrected chi connectivity index (χ2v) is 3.23. The number of rotatable bonds is 4. The average molecular weight is 151 g/mol. The topological polar surface area (TPSA) is 3.24 Å². The van der Waals surface area contributed by atoms with Gasteiger partial charge in [-0.1, -0.05) is 12.2 Å². The molecule has 1 unspecified atom stereocenters. The van der Waals surface area contributed by atoms with Crippen LogP contribution < -0.4 is 0 Å². The minimum Gasteiger partial charge on any atom is -0.299 e. The van der Waals surface area contributed by atoms with E-state index in [2.05, 4.69) is 18.1 Å². The molecule has 1 aliphatic heterocycles. The van der Waals surface area contributed by atoms with Gasteiger partial charge in [-0.25, -0.2) is 0 Å². The maximum atomic E-state index is 3.76. The Hall–Kier alpha value is -0.560. The van der Waals surface area contributed by atoms with Crippen molar-refractivity contribution in [2.45, 2.75) is 12.8 Å². The highest BCUT2D eigenvalue weighted by atomic mass is 15.1. The van der Waals surface area contributed by atoms with Gasteiger partial charge in [-0.15, -0.1) is 13.2 Å². The van der Waals surface area contributed by atoms with Crippen molar-refractivity contribution in [1.82, 2.24) is 4.90 Å². The lowest BCUT2D eigenvalue weighted by Gasteiger charge is -2.11. The van der Waals surface area contributed by atoms with Gasteiger partial charge in [-0.3, -0.25) is 4.90 Å². The first-order valence-electron chi connectivity index (χ1n) is 4.31. The largest absolute Gasteiger partial charge is 0.299 e. The van der Waals surface area contributed by atoms with E-state index >= 15 is 0 Å². The van der Waals surface area contributed by atoms with Crippen molar-refractivity contribution < 1.29 is 0 Å². The molecular formula is C10H17N. The standard InChI is InChI=1S/C10H17N/c1-3-5-10-6-8-11(9-10)7-4-2/h3-4,10H,1-2,5-9H2. The quantitative estimate of drug-likeness (QED) is 0.556. The molecule has 1 fully saturated rings. The molecule has 0 spiro atoms. The second-order valence-electron chi connectivity index (χ2n) is 3.23. The van der Waals surface area contributed by atoms with Gasteiger partial charge in [-0.2, -0.15) is 0 Å². The lowest BCUT2D eigenvalue weighted by atomic mass is 10.1. The van der Waals surface area contributed by atoms with Crippen LogP contribution in [-0.2, 0) is 0 Å². The third kappa shape index (κ3) is 2.51. The molecule has 1 saturated heterocycles. The van der Waals surface area contributed by atoms with Crippen LogP contribution in [0.25, 0.3) is 0 Å². The molecule has 0 N–H and O–H groups in total. The third-order valence-corrected chi connectivity index (χ3v) is 2.26. The highest BCUT2D eigenvalue weighted by Gasteiger charge is 2.19. The summed E-state index contributed by atoms with van der Waals surface area (Å²) in [6, 6.07) is 0. The predicted octanol–water partition coefficient (Wildman–Crippen LogP) is 2.07. The Balaban J connectivity index is 2.22. The van der Waals surface area contributed by atoms with Gasteiger partial charge in [0, 0.05) is 13.1 Å². The summed E-state index contributed by atoms with van der Waals surface area (Å²) in [4.78, 5) is 2.45. The zero-order valence-corrected chi connectivity index (χ0v) is 7.13. The molecule has 1 heterocycles. The van der Waals surface area contributed by atoms with Crippen LogP contribution in [0, 0.1) is 5.92 Å². The van der Waals surface area contributed by atoms with Crippen LogP contribution in [0.1, 0.15) is 12.8 Å². The summed E-state index contributed by atoms with van der Waals surface area (Å²) in [5.74, 6) is 0.854. The van der Waals surface area contributed by atoms with Crippen LogP contribution in [0.5, 0.6) is 0 Å². The highest BCUT2D eigenvalue weighted by Crippen LogP contribution is 2.18. The molecule has 1 atom stereocenters. The molecule has 1 nitrogen and oxygen atoms in total. The van der Waals surface area contributed by atoms with Crippen molar-refractivity contribution in [1.29, 1.82) is 0 Å². The van der Waals surface area contributed by atoms with Crippen LogP contribution in [0.4, 0.5) is 0 Å². The maximum Gasteiger partial charge on any atom is 0.0160 e. The Morgan fingerprint density at radius 2 is 2.18 bits per heavy atom. The molecule has 0 amide bonds. The van der Waals surface area contributed by atoms with E-state index in [0.29, 0.717) is 0 Å². The molecule has 0 aromatic carbocycles. The van der Waals surface area contributed by atoms with Gasteiger partial charge in [0.25, 0.3) is 0 Å². The minimum atomic E-state index is 0.854. The van der Waals surface area contributed by atoms with Crippen LogP contribution >= 0.6 is 0 Å². The average Bonchev–Trinajstić information content (AvgIpc) is 2.38. The molecular weight excluding hydrogens is 134 g/mol. The van der Waals surface area contributed by atoms with Crippen molar-refractivity contribution in [2.24, 2.45) is 5.92 Å². The molecule has 0 aliphatic carbocycles. The van der Waals surface area contributed by atoms with Gasteiger partial charge in [0.15, 0.2) is 0 Å². The van der Waals surface area contributed by atoms with Crippen LogP contribution in [0.2, 0.25) is 0 Å². The third-order valence-electron chi connectivity index (χ3n) is 2.26. The van der Waals surface area contributed by atoms with E-state index in [1.807, 2.05) is 12.2 Å². The van der Waals surface area contributed by atoms with Crippen molar-refractivity contribution in [2.75, 3.05) is 19.6 Å². The normalized spacial score (nSPS) is 25.3. The predicted molar refractivity (Wildman–Crippen MR) is 49.6 cm³/mol. The number of nitrogens with zero attached hydrogens (tertiary/aromatic N) is 1. The molecule has 11 heavy (non-hydrogen) atoms. The van der Waals surface area contributed by atoms with Gasteiger partial charge in [-0.05, 0) is 25.3 Å². The van der Waals surface area contributed by atoms with Gasteiger partial charge in [0.1, 0.15) is 0 Å². The fourth-order valence-corrected chi connectivity index (χ4v) is 1.69. The van der Waals surface area contributed by atoms with E-state index in [4.69, 9.17) is 0 Å². The summed E-state index contributed by atoms with van der Waals surface area (Å²) in [7, 11) is 0. The molecule has 0 radical (unpaired) electrons. The summed E-state index contributed by atoms with van der Waals surface area (Å²) < 4.78 is 0. The van der Waals surface area contributed by atoms with Crippen molar-refractivity contribution in [3.8, 4) is 0 Å². The first-order valence-corrected chi connectivity index (χ1v) is 4.31. The molecule has 0 saturated carbocycles. The van der Waals surface area contributed by atoms with E-state index in [1.54, 1.807) is 0 Å². The van der Waals surface area contributed by atoms with E-state index in [-0.39, 0.29) is 0 Å². The lowest BCUT2D eigenvalue weighted by Crippen LogP contribution is -2.20. The summed E-state index contributed by atoms with van der Waals surface area (Å²) in [5.41, 5.74) is 0.